The lowest BCUT2D eigenvalue weighted by atomic mass is 10.3. The van der Waals surface area contributed by atoms with E-state index < -0.39 is 0 Å². The standard InChI is InChI=1S/C15H15N3O3/c19-14-6-8-20-9-7-18(14)12-10-16-15(17-11-12)21-13-4-2-1-3-5-13/h1-5,10-11H,6-9H2. The van der Waals surface area contributed by atoms with Gasteiger partial charge in [-0.3, -0.25) is 4.79 Å². The molecule has 1 aromatic heterocycles. The lowest BCUT2D eigenvalue weighted by molar-refractivity contribution is -0.118. The number of para-hydroxylation sites is 1. The van der Waals surface area contributed by atoms with Crippen LogP contribution in [0.15, 0.2) is 42.7 Å². The minimum absolute atomic E-state index is 0.0211. The molecule has 0 unspecified atom stereocenters. The van der Waals surface area contributed by atoms with Crippen molar-refractivity contribution in [3.8, 4) is 11.8 Å². The molecular formula is C15H15N3O3. The fraction of sp³-hybridized carbons (Fsp3) is 0.267. The zero-order valence-electron chi connectivity index (χ0n) is 11.4. The van der Waals surface area contributed by atoms with Crippen molar-refractivity contribution >= 4 is 11.6 Å². The fourth-order valence-electron chi connectivity index (χ4n) is 2.05. The van der Waals surface area contributed by atoms with Crippen LogP contribution in [0.2, 0.25) is 0 Å². The second kappa shape index (κ2) is 6.32. The number of nitrogens with zero attached hydrogens (tertiary/aromatic N) is 3. The number of aromatic nitrogens is 2. The van der Waals surface area contributed by atoms with Gasteiger partial charge >= 0.3 is 6.01 Å². The third-order valence-corrected chi connectivity index (χ3v) is 3.10. The third-order valence-electron chi connectivity index (χ3n) is 3.10. The molecule has 0 aliphatic carbocycles. The number of carbonyl (C=O) groups excluding carboxylic acids is 1. The van der Waals surface area contributed by atoms with Crippen LogP contribution in [0.3, 0.4) is 0 Å². The van der Waals surface area contributed by atoms with Crippen molar-refractivity contribution in [3.63, 3.8) is 0 Å². The number of carbonyl (C=O) groups is 1. The van der Waals surface area contributed by atoms with Crippen molar-refractivity contribution in [3.05, 3.63) is 42.7 Å². The molecule has 0 N–H and O–H groups in total. The number of amides is 1. The lowest BCUT2D eigenvalue weighted by Gasteiger charge is -2.19. The van der Waals surface area contributed by atoms with Gasteiger partial charge in [0.15, 0.2) is 0 Å². The van der Waals surface area contributed by atoms with Crippen LogP contribution in [-0.2, 0) is 9.53 Å². The first-order valence-corrected chi connectivity index (χ1v) is 6.76. The maximum Gasteiger partial charge on any atom is 0.322 e. The van der Waals surface area contributed by atoms with Crippen LogP contribution in [0.4, 0.5) is 5.69 Å². The average molecular weight is 285 g/mol. The molecular weight excluding hydrogens is 270 g/mol. The minimum Gasteiger partial charge on any atom is -0.424 e. The van der Waals surface area contributed by atoms with Crippen LogP contribution >= 0.6 is 0 Å². The molecule has 2 aromatic rings. The molecule has 1 aromatic carbocycles. The summed E-state index contributed by atoms with van der Waals surface area (Å²) in [7, 11) is 0. The molecule has 6 heteroatoms. The molecule has 21 heavy (non-hydrogen) atoms. The summed E-state index contributed by atoms with van der Waals surface area (Å²) < 4.78 is 10.8. The number of rotatable bonds is 3. The topological polar surface area (TPSA) is 64.5 Å². The molecule has 1 aliphatic rings. The Hall–Kier alpha value is -2.47. The van der Waals surface area contributed by atoms with E-state index in [9.17, 15) is 4.79 Å². The smallest absolute Gasteiger partial charge is 0.322 e. The Labute approximate surface area is 122 Å². The molecule has 6 nitrogen and oxygen atoms in total. The molecule has 2 heterocycles. The maximum atomic E-state index is 11.9. The second-order valence-corrected chi connectivity index (χ2v) is 4.55. The minimum atomic E-state index is 0.0211. The van der Waals surface area contributed by atoms with Crippen LogP contribution in [0.25, 0.3) is 0 Å². The number of benzene rings is 1. The van der Waals surface area contributed by atoms with Gasteiger partial charge < -0.3 is 14.4 Å². The predicted molar refractivity (Wildman–Crippen MR) is 76.3 cm³/mol. The first kappa shape index (κ1) is 13.5. The van der Waals surface area contributed by atoms with Gasteiger partial charge in [-0.15, -0.1) is 0 Å². The number of hydrogen-bond donors (Lipinski definition) is 0. The SMILES string of the molecule is O=C1CCOCCN1c1cnc(Oc2ccccc2)nc1. The number of ether oxygens (including phenoxy) is 2. The highest BCUT2D eigenvalue weighted by atomic mass is 16.5. The van der Waals surface area contributed by atoms with Crippen LogP contribution in [0.5, 0.6) is 11.8 Å². The zero-order chi connectivity index (χ0) is 14.5. The Balaban J connectivity index is 1.73. The van der Waals surface area contributed by atoms with E-state index in [-0.39, 0.29) is 11.9 Å². The Bertz CT molecular complexity index is 601. The lowest BCUT2D eigenvalue weighted by Crippen LogP contribution is -2.31. The van der Waals surface area contributed by atoms with E-state index in [2.05, 4.69) is 9.97 Å². The van der Waals surface area contributed by atoms with Gasteiger partial charge in [0.2, 0.25) is 5.91 Å². The van der Waals surface area contributed by atoms with Crippen molar-refractivity contribution in [1.82, 2.24) is 9.97 Å². The molecule has 1 fully saturated rings. The van der Waals surface area contributed by atoms with E-state index in [1.807, 2.05) is 30.3 Å². The summed E-state index contributed by atoms with van der Waals surface area (Å²) in [6.45, 7) is 1.50. The van der Waals surface area contributed by atoms with Gasteiger partial charge in [-0.1, -0.05) is 18.2 Å². The summed E-state index contributed by atoms with van der Waals surface area (Å²) in [5, 5.41) is 0. The predicted octanol–water partition coefficient (Wildman–Crippen LogP) is 2.02. The summed E-state index contributed by atoms with van der Waals surface area (Å²) >= 11 is 0. The highest BCUT2D eigenvalue weighted by Crippen LogP contribution is 2.20. The van der Waals surface area contributed by atoms with E-state index in [0.29, 0.717) is 37.6 Å². The molecule has 0 atom stereocenters. The van der Waals surface area contributed by atoms with E-state index >= 15 is 0 Å². The highest BCUT2D eigenvalue weighted by Gasteiger charge is 2.19. The van der Waals surface area contributed by atoms with Crippen LogP contribution in [0.1, 0.15) is 6.42 Å². The first-order valence-electron chi connectivity index (χ1n) is 6.76. The van der Waals surface area contributed by atoms with E-state index in [1.54, 1.807) is 17.3 Å². The molecule has 0 spiro atoms. The Morgan fingerprint density at radius 2 is 1.86 bits per heavy atom. The highest BCUT2D eigenvalue weighted by molar-refractivity contribution is 5.93. The van der Waals surface area contributed by atoms with Crippen LogP contribution < -0.4 is 9.64 Å². The summed E-state index contributed by atoms with van der Waals surface area (Å²) in [5.41, 5.74) is 0.658. The molecule has 3 rings (SSSR count). The van der Waals surface area contributed by atoms with Gasteiger partial charge in [-0.05, 0) is 12.1 Å². The average Bonchev–Trinajstić information content (AvgIpc) is 2.74. The van der Waals surface area contributed by atoms with Crippen LogP contribution in [0, 0.1) is 0 Å². The molecule has 0 bridgehead atoms. The number of anilines is 1. The molecule has 0 saturated carbocycles. The summed E-state index contributed by atoms with van der Waals surface area (Å²) in [6, 6.07) is 9.56. The van der Waals surface area contributed by atoms with Gasteiger partial charge in [0.05, 0.1) is 37.7 Å². The Morgan fingerprint density at radius 1 is 1.10 bits per heavy atom. The summed E-state index contributed by atoms with van der Waals surface area (Å²) in [4.78, 5) is 21.9. The fourth-order valence-corrected chi connectivity index (χ4v) is 2.05. The van der Waals surface area contributed by atoms with Crippen molar-refractivity contribution in [2.24, 2.45) is 0 Å². The molecule has 1 aliphatic heterocycles. The molecule has 1 saturated heterocycles. The Kier molecular flexibility index (Phi) is 4.07. The second-order valence-electron chi connectivity index (χ2n) is 4.55. The third kappa shape index (κ3) is 3.35. The summed E-state index contributed by atoms with van der Waals surface area (Å²) in [6.07, 6.45) is 3.56. The zero-order valence-corrected chi connectivity index (χ0v) is 11.4. The van der Waals surface area contributed by atoms with E-state index in [1.165, 1.54) is 0 Å². The molecule has 108 valence electrons. The first-order chi connectivity index (χ1) is 10.3. The monoisotopic (exact) mass is 285 g/mol. The molecule has 0 radical (unpaired) electrons. The van der Waals surface area contributed by atoms with Gasteiger partial charge in [0.1, 0.15) is 5.75 Å². The maximum absolute atomic E-state index is 11.9. The van der Waals surface area contributed by atoms with Gasteiger partial charge in [-0.25, -0.2) is 9.97 Å². The van der Waals surface area contributed by atoms with E-state index in [4.69, 9.17) is 9.47 Å². The normalized spacial score (nSPS) is 15.6. The van der Waals surface area contributed by atoms with Crippen molar-refractivity contribution in [1.29, 1.82) is 0 Å². The van der Waals surface area contributed by atoms with Crippen molar-refractivity contribution in [2.75, 3.05) is 24.7 Å². The summed E-state index contributed by atoms with van der Waals surface area (Å²) in [5.74, 6) is 0.692. The van der Waals surface area contributed by atoms with E-state index in [0.717, 1.165) is 0 Å². The van der Waals surface area contributed by atoms with Crippen LogP contribution in [-0.4, -0.2) is 35.6 Å². The van der Waals surface area contributed by atoms with Gasteiger partial charge in [0.25, 0.3) is 0 Å². The van der Waals surface area contributed by atoms with Crippen molar-refractivity contribution < 1.29 is 14.3 Å². The Morgan fingerprint density at radius 3 is 2.62 bits per heavy atom. The molecule has 1 amide bonds. The number of hydrogen-bond acceptors (Lipinski definition) is 5. The van der Waals surface area contributed by atoms with Crippen molar-refractivity contribution in [2.45, 2.75) is 6.42 Å². The largest absolute Gasteiger partial charge is 0.424 e. The van der Waals surface area contributed by atoms with Gasteiger partial charge in [0, 0.05) is 6.54 Å². The van der Waals surface area contributed by atoms with Gasteiger partial charge in [-0.2, -0.15) is 0 Å². The quantitative estimate of drug-likeness (QED) is 0.863.